The quantitative estimate of drug-likeness (QED) is 0.591. The molecular formula is C10H16N2O. The van der Waals surface area contributed by atoms with Crippen molar-refractivity contribution in [3.8, 4) is 0 Å². The van der Waals surface area contributed by atoms with Crippen molar-refractivity contribution < 1.29 is 4.79 Å². The summed E-state index contributed by atoms with van der Waals surface area (Å²) in [5.41, 5.74) is 0. The zero-order chi connectivity index (χ0) is 9.42. The lowest BCUT2D eigenvalue weighted by Gasteiger charge is -2.43. The first-order valence-electron chi connectivity index (χ1n) is 4.87. The van der Waals surface area contributed by atoms with E-state index >= 15 is 0 Å². The van der Waals surface area contributed by atoms with E-state index in [4.69, 9.17) is 0 Å². The Bertz CT molecular complexity index is 249. The van der Waals surface area contributed by atoms with Gasteiger partial charge in [0.2, 0.25) is 5.91 Å². The van der Waals surface area contributed by atoms with Crippen LogP contribution >= 0.6 is 0 Å². The Morgan fingerprint density at radius 2 is 2.38 bits per heavy atom. The van der Waals surface area contributed by atoms with Gasteiger partial charge in [0.25, 0.3) is 0 Å². The van der Waals surface area contributed by atoms with Crippen LogP contribution in [-0.2, 0) is 4.79 Å². The van der Waals surface area contributed by atoms with Crippen molar-refractivity contribution in [2.24, 2.45) is 11.8 Å². The molecule has 0 radical (unpaired) electrons. The maximum absolute atomic E-state index is 11.1. The monoisotopic (exact) mass is 180 g/mol. The van der Waals surface area contributed by atoms with Crippen molar-refractivity contribution in [3.63, 3.8) is 0 Å². The smallest absolute Gasteiger partial charge is 0.244 e. The molecule has 2 heterocycles. The SMILES string of the molecule is CC1CCN(C)C2NC(=O)C=CC12. The average molecular weight is 180 g/mol. The highest BCUT2D eigenvalue weighted by Crippen LogP contribution is 2.29. The van der Waals surface area contributed by atoms with Crippen LogP contribution in [0.25, 0.3) is 0 Å². The second-order valence-electron chi connectivity index (χ2n) is 4.14. The van der Waals surface area contributed by atoms with Gasteiger partial charge in [-0.15, -0.1) is 0 Å². The Hall–Kier alpha value is -0.830. The van der Waals surface area contributed by atoms with Crippen LogP contribution in [0.3, 0.4) is 0 Å². The van der Waals surface area contributed by atoms with E-state index in [1.807, 2.05) is 0 Å². The summed E-state index contributed by atoms with van der Waals surface area (Å²) in [6, 6.07) is 0. The number of nitrogens with one attached hydrogen (secondary N) is 1. The van der Waals surface area contributed by atoms with Gasteiger partial charge in [0.05, 0.1) is 6.17 Å². The fourth-order valence-corrected chi connectivity index (χ4v) is 2.24. The molecule has 1 fully saturated rings. The van der Waals surface area contributed by atoms with Crippen molar-refractivity contribution in [3.05, 3.63) is 12.2 Å². The van der Waals surface area contributed by atoms with Crippen LogP contribution in [0.1, 0.15) is 13.3 Å². The Balaban J connectivity index is 2.21. The summed E-state index contributed by atoms with van der Waals surface area (Å²) in [5, 5.41) is 3.00. The summed E-state index contributed by atoms with van der Waals surface area (Å²) in [4.78, 5) is 13.4. The summed E-state index contributed by atoms with van der Waals surface area (Å²) >= 11 is 0. The van der Waals surface area contributed by atoms with Crippen LogP contribution in [0.15, 0.2) is 12.2 Å². The van der Waals surface area contributed by atoms with Crippen LogP contribution in [0, 0.1) is 11.8 Å². The highest BCUT2D eigenvalue weighted by molar-refractivity contribution is 5.88. The first-order valence-corrected chi connectivity index (χ1v) is 4.87. The molecule has 0 aliphatic carbocycles. The zero-order valence-corrected chi connectivity index (χ0v) is 8.16. The maximum atomic E-state index is 11.1. The van der Waals surface area contributed by atoms with Gasteiger partial charge >= 0.3 is 0 Å². The second-order valence-corrected chi connectivity index (χ2v) is 4.14. The third-order valence-electron chi connectivity index (χ3n) is 3.19. The normalized spacial score (nSPS) is 39.8. The third kappa shape index (κ3) is 1.48. The molecule has 2 aliphatic rings. The van der Waals surface area contributed by atoms with Crippen LogP contribution in [0.2, 0.25) is 0 Å². The van der Waals surface area contributed by atoms with Crippen molar-refractivity contribution >= 4 is 5.91 Å². The highest BCUT2D eigenvalue weighted by Gasteiger charge is 2.35. The maximum Gasteiger partial charge on any atom is 0.244 e. The third-order valence-corrected chi connectivity index (χ3v) is 3.19. The molecule has 72 valence electrons. The Morgan fingerprint density at radius 3 is 3.15 bits per heavy atom. The van der Waals surface area contributed by atoms with E-state index in [1.54, 1.807) is 6.08 Å². The molecule has 2 aliphatic heterocycles. The number of hydrogen-bond donors (Lipinski definition) is 1. The molecule has 0 bridgehead atoms. The summed E-state index contributed by atoms with van der Waals surface area (Å²) < 4.78 is 0. The molecule has 1 amide bonds. The van der Waals surface area contributed by atoms with E-state index in [-0.39, 0.29) is 12.1 Å². The number of nitrogens with zero attached hydrogens (tertiary/aromatic N) is 1. The predicted octanol–water partition coefficient (Wildman–Crippen LogP) is 0.586. The molecule has 13 heavy (non-hydrogen) atoms. The molecular weight excluding hydrogens is 164 g/mol. The molecule has 3 nitrogen and oxygen atoms in total. The lowest BCUT2D eigenvalue weighted by Crippen LogP contribution is -2.57. The lowest BCUT2D eigenvalue weighted by molar-refractivity contribution is -0.120. The van der Waals surface area contributed by atoms with Crippen molar-refractivity contribution in [2.75, 3.05) is 13.6 Å². The predicted molar refractivity (Wildman–Crippen MR) is 51.0 cm³/mol. The second kappa shape index (κ2) is 3.14. The number of rotatable bonds is 0. The van der Waals surface area contributed by atoms with Crippen LogP contribution in [0.5, 0.6) is 0 Å². The average Bonchev–Trinajstić information content (AvgIpc) is 2.12. The standard InChI is InChI=1S/C10H16N2O/c1-7-5-6-12(2)10-8(7)3-4-9(13)11-10/h3-4,7-8,10H,5-6H2,1-2H3,(H,11,13). The van der Waals surface area contributed by atoms with Crippen LogP contribution < -0.4 is 5.32 Å². The Labute approximate surface area is 78.8 Å². The summed E-state index contributed by atoms with van der Waals surface area (Å²) in [7, 11) is 2.07. The van der Waals surface area contributed by atoms with Gasteiger partial charge in [-0.2, -0.15) is 0 Å². The fourth-order valence-electron chi connectivity index (χ4n) is 2.24. The molecule has 0 aromatic heterocycles. The van der Waals surface area contributed by atoms with E-state index in [0.29, 0.717) is 11.8 Å². The van der Waals surface area contributed by atoms with Gasteiger partial charge in [-0.3, -0.25) is 9.69 Å². The molecule has 0 aromatic rings. The van der Waals surface area contributed by atoms with Crippen LogP contribution in [0.4, 0.5) is 0 Å². The molecule has 3 atom stereocenters. The molecule has 0 spiro atoms. The minimum Gasteiger partial charge on any atom is -0.336 e. The van der Waals surface area contributed by atoms with E-state index in [1.165, 1.54) is 6.42 Å². The molecule has 3 unspecified atom stereocenters. The topological polar surface area (TPSA) is 32.3 Å². The molecule has 1 saturated heterocycles. The van der Waals surface area contributed by atoms with Crippen molar-refractivity contribution in [1.82, 2.24) is 10.2 Å². The number of carbonyl (C=O) groups is 1. The zero-order valence-electron chi connectivity index (χ0n) is 8.16. The minimum atomic E-state index is 0.0437. The van der Waals surface area contributed by atoms with Crippen molar-refractivity contribution in [2.45, 2.75) is 19.5 Å². The lowest BCUT2D eigenvalue weighted by atomic mass is 9.83. The van der Waals surface area contributed by atoms with E-state index in [0.717, 1.165) is 6.54 Å². The molecule has 0 saturated carbocycles. The first-order chi connectivity index (χ1) is 6.18. The molecule has 0 aromatic carbocycles. The first kappa shape index (κ1) is 8.75. The molecule has 2 rings (SSSR count). The van der Waals surface area contributed by atoms with E-state index in [2.05, 4.69) is 30.3 Å². The van der Waals surface area contributed by atoms with Gasteiger partial charge < -0.3 is 5.32 Å². The summed E-state index contributed by atoms with van der Waals surface area (Å²) in [6.07, 6.45) is 5.17. The number of piperidine rings is 1. The molecule has 1 N–H and O–H groups in total. The van der Waals surface area contributed by atoms with Crippen molar-refractivity contribution in [1.29, 1.82) is 0 Å². The summed E-state index contributed by atoms with van der Waals surface area (Å²) in [5.74, 6) is 1.22. The number of likely N-dealkylation sites (tertiary alicyclic amines) is 1. The van der Waals surface area contributed by atoms with Gasteiger partial charge in [-0.25, -0.2) is 0 Å². The van der Waals surface area contributed by atoms with E-state index < -0.39 is 0 Å². The summed E-state index contributed by atoms with van der Waals surface area (Å²) in [6.45, 7) is 3.34. The minimum absolute atomic E-state index is 0.0437. The van der Waals surface area contributed by atoms with Gasteiger partial charge in [0, 0.05) is 12.5 Å². The number of fused-ring (bicyclic) bond motifs is 1. The Morgan fingerprint density at radius 1 is 1.62 bits per heavy atom. The highest BCUT2D eigenvalue weighted by atomic mass is 16.1. The van der Waals surface area contributed by atoms with Gasteiger partial charge in [0.15, 0.2) is 0 Å². The number of carbonyl (C=O) groups excluding carboxylic acids is 1. The number of amides is 1. The van der Waals surface area contributed by atoms with Gasteiger partial charge in [-0.05, 0) is 25.5 Å². The van der Waals surface area contributed by atoms with E-state index in [9.17, 15) is 4.79 Å². The van der Waals surface area contributed by atoms with Crippen LogP contribution in [-0.4, -0.2) is 30.6 Å². The fraction of sp³-hybridized carbons (Fsp3) is 0.700. The Kier molecular flexibility index (Phi) is 2.12. The van der Waals surface area contributed by atoms with Gasteiger partial charge in [0.1, 0.15) is 0 Å². The van der Waals surface area contributed by atoms with Gasteiger partial charge in [-0.1, -0.05) is 13.0 Å². The largest absolute Gasteiger partial charge is 0.336 e. The number of hydrogen-bond acceptors (Lipinski definition) is 2. The molecule has 3 heteroatoms.